The van der Waals surface area contributed by atoms with E-state index in [1.54, 1.807) is 0 Å². The maximum Gasteiger partial charge on any atom is 0.220 e. The Balaban J connectivity index is 1.24. The topological polar surface area (TPSA) is 62.0 Å². The van der Waals surface area contributed by atoms with Gasteiger partial charge in [0.25, 0.3) is 0 Å². The minimum Gasteiger partial charge on any atom is -0.361 e. The highest BCUT2D eigenvalue weighted by atomic mass is 16.2. The van der Waals surface area contributed by atoms with Crippen LogP contribution in [0.4, 0.5) is 0 Å². The molecule has 0 saturated heterocycles. The van der Waals surface area contributed by atoms with Crippen LogP contribution in [0.5, 0.6) is 0 Å². The standard InChI is InChI=1S/C24H26N2O2/c27-23(19-10-9-17-5-1-2-6-18(17)15-19)11-12-24(28)25-14-13-20-16-26-22-8-4-3-7-21(20)22/h3-4,7-10,15-16,26H,1-2,5-6,11-14H2,(H,25,28). The number of ketones is 1. The van der Waals surface area contributed by atoms with Gasteiger partial charge in [-0.2, -0.15) is 0 Å². The Labute approximate surface area is 165 Å². The van der Waals surface area contributed by atoms with Gasteiger partial charge in [0.05, 0.1) is 0 Å². The molecular formula is C24H26N2O2. The summed E-state index contributed by atoms with van der Waals surface area (Å²) in [6, 6.07) is 14.2. The number of carbonyl (C=O) groups is 2. The lowest BCUT2D eigenvalue weighted by atomic mass is 9.89. The fourth-order valence-electron chi connectivity index (χ4n) is 4.04. The molecule has 0 spiro atoms. The first kappa shape index (κ1) is 18.5. The van der Waals surface area contributed by atoms with Gasteiger partial charge in [-0.05, 0) is 60.9 Å². The zero-order chi connectivity index (χ0) is 19.3. The SMILES string of the molecule is O=C(CCC(=O)c1ccc2c(c1)CCCC2)NCCc1c[nH]c2ccccc12. The van der Waals surface area contributed by atoms with Crippen LogP contribution in [0.15, 0.2) is 48.7 Å². The van der Waals surface area contributed by atoms with Gasteiger partial charge in [0, 0.05) is 42.0 Å². The molecule has 0 unspecified atom stereocenters. The van der Waals surface area contributed by atoms with Crippen molar-refractivity contribution in [3.63, 3.8) is 0 Å². The Hall–Kier alpha value is -2.88. The number of H-pyrrole nitrogens is 1. The number of hydrogen-bond acceptors (Lipinski definition) is 2. The van der Waals surface area contributed by atoms with Crippen molar-refractivity contribution in [1.29, 1.82) is 0 Å². The molecule has 144 valence electrons. The zero-order valence-corrected chi connectivity index (χ0v) is 16.1. The van der Waals surface area contributed by atoms with E-state index in [2.05, 4.69) is 22.4 Å². The highest BCUT2D eigenvalue weighted by Gasteiger charge is 2.14. The summed E-state index contributed by atoms with van der Waals surface area (Å²) in [6.45, 7) is 0.577. The van der Waals surface area contributed by atoms with Crippen molar-refractivity contribution in [2.75, 3.05) is 6.54 Å². The van der Waals surface area contributed by atoms with Crippen molar-refractivity contribution < 1.29 is 9.59 Å². The van der Waals surface area contributed by atoms with Gasteiger partial charge < -0.3 is 10.3 Å². The molecule has 28 heavy (non-hydrogen) atoms. The summed E-state index contributed by atoms with van der Waals surface area (Å²) in [7, 11) is 0. The molecule has 0 atom stereocenters. The van der Waals surface area contributed by atoms with Crippen LogP contribution in [-0.2, 0) is 24.1 Å². The van der Waals surface area contributed by atoms with E-state index in [0.717, 1.165) is 30.3 Å². The third-order valence-electron chi connectivity index (χ3n) is 5.64. The molecule has 4 nitrogen and oxygen atoms in total. The normalized spacial score (nSPS) is 13.3. The Morgan fingerprint density at radius 1 is 0.964 bits per heavy atom. The van der Waals surface area contributed by atoms with E-state index in [-0.39, 0.29) is 24.5 Å². The number of para-hydroxylation sites is 1. The predicted octanol–water partition coefficient (Wildman–Crippen LogP) is 4.37. The van der Waals surface area contributed by atoms with Crippen LogP contribution in [0.2, 0.25) is 0 Å². The largest absolute Gasteiger partial charge is 0.361 e. The van der Waals surface area contributed by atoms with Gasteiger partial charge in [0.15, 0.2) is 5.78 Å². The van der Waals surface area contributed by atoms with E-state index >= 15 is 0 Å². The first-order valence-electron chi connectivity index (χ1n) is 10.2. The van der Waals surface area contributed by atoms with Crippen molar-refractivity contribution in [1.82, 2.24) is 10.3 Å². The molecule has 0 bridgehead atoms. The van der Waals surface area contributed by atoms with E-state index in [9.17, 15) is 9.59 Å². The second-order valence-corrected chi connectivity index (χ2v) is 7.57. The average Bonchev–Trinajstić information content (AvgIpc) is 3.15. The van der Waals surface area contributed by atoms with Crippen molar-refractivity contribution in [3.05, 3.63) is 70.9 Å². The molecule has 4 rings (SSSR count). The smallest absolute Gasteiger partial charge is 0.220 e. The lowest BCUT2D eigenvalue weighted by molar-refractivity contribution is -0.121. The quantitative estimate of drug-likeness (QED) is 0.603. The number of aryl methyl sites for hydroxylation is 2. The van der Waals surface area contributed by atoms with Crippen LogP contribution < -0.4 is 5.32 Å². The summed E-state index contributed by atoms with van der Waals surface area (Å²) in [5, 5.41) is 4.13. The van der Waals surface area contributed by atoms with Gasteiger partial charge in [0.2, 0.25) is 5.91 Å². The van der Waals surface area contributed by atoms with Crippen molar-refractivity contribution in [2.45, 2.75) is 44.9 Å². The Bertz CT molecular complexity index is 1000. The van der Waals surface area contributed by atoms with Crippen LogP contribution >= 0.6 is 0 Å². The Morgan fingerprint density at radius 3 is 2.68 bits per heavy atom. The number of aromatic nitrogens is 1. The predicted molar refractivity (Wildman–Crippen MR) is 112 cm³/mol. The number of carbonyl (C=O) groups excluding carboxylic acids is 2. The second kappa shape index (κ2) is 8.42. The maximum absolute atomic E-state index is 12.5. The molecular weight excluding hydrogens is 348 g/mol. The van der Waals surface area contributed by atoms with Crippen LogP contribution in [-0.4, -0.2) is 23.2 Å². The van der Waals surface area contributed by atoms with Crippen molar-refractivity contribution in [3.8, 4) is 0 Å². The lowest BCUT2D eigenvalue weighted by Gasteiger charge is -2.16. The summed E-state index contributed by atoms with van der Waals surface area (Å²) in [5.74, 6) is -0.00805. The maximum atomic E-state index is 12.5. The lowest BCUT2D eigenvalue weighted by Crippen LogP contribution is -2.26. The molecule has 4 heteroatoms. The fourth-order valence-corrected chi connectivity index (χ4v) is 4.04. The highest BCUT2D eigenvalue weighted by Crippen LogP contribution is 2.23. The number of Topliss-reactive ketones (excluding diaryl/α,β-unsaturated/α-hetero) is 1. The Kier molecular flexibility index (Phi) is 5.56. The third kappa shape index (κ3) is 4.16. The van der Waals surface area contributed by atoms with Crippen molar-refractivity contribution >= 4 is 22.6 Å². The van der Waals surface area contributed by atoms with Crippen LogP contribution in [0, 0.1) is 0 Å². The second-order valence-electron chi connectivity index (χ2n) is 7.57. The van der Waals surface area contributed by atoms with Gasteiger partial charge in [-0.15, -0.1) is 0 Å². The van der Waals surface area contributed by atoms with Gasteiger partial charge in [-0.3, -0.25) is 9.59 Å². The zero-order valence-electron chi connectivity index (χ0n) is 16.1. The molecule has 1 aromatic heterocycles. The minimum absolute atomic E-state index is 0.0557. The average molecular weight is 374 g/mol. The number of benzene rings is 2. The van der Waals surface area contributed by atoms with Gasteiger partial charge in [-0.1, -0.05) is 30.3 Å². The molecule has 3 aromatic rings. The summed E-state index contributed by atoms with van der Waals surface area (Å²) in [6.07, 6.45) is 7.88. The molecule has 1 heterocycles. The number of hydrogen-bond donors (Lipinski definition) is 2. The monoisotopic (exact) mass is 374 g/mol. The molecule has 1 aliphatic carbocycles. The summed E-state index contributed by atoms with van der Waals surface area (Å²) < 4.78 is 0. The number of rotatable bonds is 7. The highest BCUT2D eigenvalue weighted by molar-refractivity contribution is 5.98. The van der Waals surface area contributed by atoms with E-state index in [4.69, 9.17) is 0 Å². The number of nitrogens with one attached hydrogen (secondary N) is 2. The first-order valence-corrected chi connectivity index (χ1v) is 10.2. The molecule has 0 fully saturated rings. The fraction of sp³-hybridized carbons (Fsp3) is 0.333. The Morgan fingerprint density at radius 2 is 1.79 bits per heavy atom. The molecule has 1 aliphatic rings. The van der Waals surface area contributed by atoms with Crippen LogP contribution in [0.25, 0.3) is 10.9 Å². The van der Waals surface area contributed by atoms with Crippen LogP contribution in [0.1, 0.15) is 52.7 Å². The van der Waals surface area contributed by atoms with E-state index < -0.39 is 0 Å². The van der Waals surface area contributed by atoms with E-state index in [1.807, 2.05) is 36.5 Å². The molecule has 1 amide bonds. The summed E-state index contributed by atoms with van der Waals surface area (Å²) in [4.78, 5) is 27.8. The van der Waals surface area contributed by atoms with Crippen LogP contribution in [0.3, 0.4) is 0 Å². The number of aromatic amines is 1. The van der Waals surface area contributed by atoms with Crippen molar-refractivity contribution in [2.24, 2.45) is 0 Å². The summed E-state index contributed by atoms with van der Waals surface area (Å²) >= 11 is 0. The minimum atomic E-state index is -0.0637. The van der Waals surface area contributed by atoms with Gasteiger partial charge in [0.1, 0.15) is 0 Å². The van der Waals surface area contributed by atoms with E-state index in [1.165, 1.54) is 34.9 Å². The molecule has 0 radical (unpaired) electrons. The van der Waals surface area contributed by atoms with E-state index in [0.29, 0.717) is 6.54 Å². The van der Waals surface area contributed by atoms with Gasteiger partial charge >= 0.3 is 0 Å². The summed E-state index contributed by atoms with van der Waals surface area (Å²) in [5.41, 5.74) is 5.73. The number of fused-ring (bicyclic) bond motifs is 2. The first-order chi connectivity index (χ1) is 13.7. The molecule has 0 saturated carbocycles. The molecule has 2 N–H and O–H groups in total. The molecule has 0 aliphatic heterocycles. The molecule has 2 aromatic carbocycles. The van der Waals surface area contributed by atoms with Gasteiger partial charge in [-0.25, -0.2) is 0 Å². The number of amides is 1. The third-order valence-corrected chi connectivity index (χ3v) is 5.64.